The molecule has 2 N–H and O–H groups in total. The molecule has 0 aromatic heterocycles. The SMILES string of the molecule is CN(C(=O)Cc1ccc2c(c1)NC(=O)C2)[C@H](CN1CCC(F)C1)c1cccc(C(=O)O)c1. The first-order chi connectivity index (χ1) is 15.3. The van der Waals surface area contributed by atoms with Crippen molar-refractivity contribution in [2.24, 2.45) is 0 Å². The van der Waals surface area contributed by atoms with E-state index in [0.29, 0.717) is 38.0 Å². The highest BCUT2D eigenvalue weighted by Gasteiger charge is 2.29. The maximum Gasteiger partial charge on any atom is 0.335 e. The summed E-state index contributed by atoms with van der Waals surface area (Å²) in [5.74, 6) is -1.24. The van der Waals surface area contributed by atoms with E-state index >= 15 is 0 Å². The van der Waals surface area contributed by atoms with Crippen LogP contribution in [0.15, 0.2) is 42.5 Å². The lowest BCUT2D eigenvalue weighted by Gasteiger charge is -2.32. The summed E-state index contributed by atoms with van der Waals surface area (Å²) in [4.78, 5) is 39.8. The van der Waals surface area contributed by atoms with Crippen LogP contribution in [0, 0.1) is 0 Å². The van der Waals surface area contributed by atoms with E-state index < -0.39 is 18.2 Å². The summed E-state index contributed by atoms with van der Waals surface area (Å²) in [6.45, 7) is 1.33. The fraction of sp³-hybridized carbons (Fsp3) is 0.375. The van der Waals surface area contributed by atoms with Crippen molar-refractivity contribution in [1.29, 1.82) is 0 Å². The van der Waals surface area contributed by atoms with Crippen LogP contribution in [0.5, 0.6) is 0 Å². The highest BCUT2D eigenvalue weighted by atomic mass is 19.1. The summed E-state index contributed by atoms with van der Waals surface area (Å²) < 4.78 is 13.8. The van der Waals surface area contributed by atoms with Gasteiger partial charge in [0.1, 0.15) is 6.17 Å². The minimum absolute atomic E-state index is 0.0595. The molecule has 4 rings (SSSR count). The molecule has 1 unspecified atom stereocenters. The number of carboxylic acids is 1. The Labute approximate surface area is 185 Å². The zero-order chi connectivity index (χ0) is 22.8. The van der Waals surface area contributed by atoms with Crippen molar-refractivity contribution < 1.29 is 23.9 Å². The highest BCUT2D eigenvalue weighted by Crippen LogP contribution is 2.27. The van der Waals surface area contributed by atoms with Crippen molar-refractivity contribution in [2.45, 2.75) is 31.5 Å². The summed E-state index contributed by atoms with van der Waals surface area (Å²) in [5, 5.41) is 12.2. The lowest BCUT2D eigenvalue weighted by molar-refractivity contribution is -0.131. The van der Waals surface area contributed by atoms with Crippen LogP contribution < -0.4 is 5.32 Å². The number of likely N-dealkylation sites (N-methyl/N-ethyl adjacent to an activating group) is 1. The number of aromatic carboxylic acids is 1. The lowest BCUT2D eigenvalue weighted by Crippen LogP contribution is -2.39. The Morgan fingerprint density at radius 1 is 1.28 bits per heavy atom. The Balaban J connectivity index is 1.55. The number of hydrogen-bond acceptors (Lipinski definition) is 4. The molecule has 2 amide bonds. The minimum Gasteiger partial charge on any atom is -0.478 e. The molecule has 2 heterocycles. The fourth-order valence-corrected chi connectivity index (χ4v) is 4.37. The molecule has 0 saturated carbocycles. The number of halogens is 1. The summed E-state index contributed by atoms with van der Waals surface area (Å²) in [6.07, 6.45) is 0.0567. The van der Waals surface area contributed by atoms with Gasteiger partial charge in [-0.1, -0.05) is 24.3 Å². The van der Waals surface area contributed by atoms with Gasteiger partial charge < -0.3 is 15.3 Å². The summed E-state index contributed by atoms with van der Waals surface area (Å²) >= 11 is 0. The van der Waals surface area contributed by atoms with Crippen molar-refractivity contribution in [3.63, 3.8) is 0 Å². The molecule has 0 spiro atoms. The second-order valence-corrected chi connectivity index (χ2v) is 8.49. The molecule has 2 aliphatic rings. The Morgan fingerprint density at radius 2 is 2.09 bits per heavy atom. The third kappa shape index (κ3) is 4.80. The smallest absolute Gasteiger partial charge is 0.335 e. The average molecular weight is 439 g/mol. The zero-order valence-corrected chi connectivity index (χ0v) is 17.9. The van der Waals surface area contributed by atoms with Gasteiger partial charge >= 0.3 is 5.97 Å². The number of hydrogen-bond donors (Lipinski definition) is 2. The van der Waals surface area contributed by atoms with Crippen LogP contribution in [0.3, 0.4) is 0 Å². The number of likely N-dealkylation sites (tertiary alicyclic amines) is 1. The topological polar surface area (TPSA) is 90.0 Å². The number of anilines is 1. The number of nitrogens with zero attached hydrogens (tertiary/aromatic N) is 2. The van der Waals surface area contributed by atoms with Gasteiger partial charge in [0.25, 0.3) is 0 Å². The average Bonchev–Trinajstić information content (AvgIpc) is 3.35. The first-order valence-electron chi connectivity index (χ1n) is 10.7. The number of amides is 2. The summed E-state index contributed by atoms with van der Waals surface area (Å²) in [6, 6.07) is 11.7. The monoisotopic (exact) mass is 439 g/mol. The first kappa shape index (κ1) is 22.0. The second kappa shape index (κ2) is 9.08. The predicted octanol–water partition coefficient (Wildman–Crippen LogP) is 2.67. The van der Waals surface area contributed by atoms with Crippen LogP contribution in [0.4, 0.5) is 10.1 Å². The fourth-order valence-electron chi connectivity index (χ4n) is 4.37. The molecule has 2 atom stereocenters. The van der Waals surface area contributed by atoms with Crippen molar-refractivity contribution in [3.8, 4) is 0 Å². The van der Waals surface area contributed by atoms with Crippen LogP contribution in [0.2, 0.25) is 0 Å². The lowest BCUT2D eigenvalue weighted by atomic mass is 10.0. The van der Waals surface area contributed by atoms with E-state index in [-0.39, 0.29) is 23.8 Å². The molecule has 0 radical (unpaired) electrons. The van der Waals surface area contributed by atoms with Crippen LogP contribution in [0.25, 0.3) is 0 Å². The van der Waals surface area contributed by atoms with Gasteiger partial charge in [-0.2, -0.15) is 0 Å². The van der Waals surface area contributed by atoms with Crippen LogP contribution in [-0.2, 0) is 22.4 Å². The van der Waals surface area contributed by atoms with Crippen molar-refractivity contribution in [3.05, 3.63) is 64.7 Å². The quantitative estimate of drug-likeness (QED) is 0.692. The number of fused-ring (bicyclic) bond motifs is 1. The third-order valence-corrected chi connectivity index (χ3v) is 6.18. The number of rotatable bonds is 7. The van der Waals surface area contributed by atoms with E-state index in [4.69, 9.17) is 0 Å². The van der Waals surface area contributed by atoms with Gasteiger partial charge in [0.2, 0.25) is 11.8 Å². The van der Waals surface area contributed by atoms with Crippen molar-refractivity contribution in [1.82, 2.24) is 9.80 Å². The molecule has 32 heavy (non-hydrogen) atoms. The molecule has 7 nitrogen and oxygen atoms in total. The van der Waals surface area contributed by atoms with E-state index in [0.717, 1.165) is 16.8 Å². The van der Waals surface area contributed by atoms with Crippen molar-refractivity contribution in [2.75, 3.05) is 32.0 Å². The molecule has 8 heteroatoms. The molecule has 1 saturated heterocycles. The molecule has 2 aliphatic heterocycles. The highest BCUT2D eigenvalue weighted by molar-refractivity contribution is 5.99. The van der Waals surface area contributed by atoms with Gasteiger partial charge in [-0.3, -0.25) is 14.5 Å². The van der Waals surface area contributed by atoms with Gasteiger partial charge in [0.15, 0.2) is 0 Å². The van der Waals surface area contributed by atoms with Gasteiger partial charge in [-0.05, 0) is 41.3 Å². The second-order valence-electron chi connectivity index (χ2n) is 8.49. The normalized spacial score (nSPS) is 18.8. The maximum absolute atomic E-state index is 13.8. The number of alkyl halides is 1. The predicted molar refractivity (Wildman–Crippen MR) is 117 cm³/mol. The van der Waals surface area contributed by atoms with E-state index in [9.17, 15) is 23.9 Å². The number of benzene rings is 2. The zero-order valence-electron chi connectivity index (χ0n) is 17.9. The van der Waals surface area contributed by atoms with Gasteiger partial charge in [-0.15, -0.1) is 0 Å². The Kier molecular flexibility index (Phi) is 6.23. The Hall–Kier alpha value is -3.26. The molecular weight excluding hydrogens is 413 g/mol. The molecule has 168 valence electrons. The van der Waals surface area contributed by atoms with Gasteiger partial charge in [0, 0.05) is 32.4 Å². The maximum atomic E-state index is 13.8. The van der Waals surface area contributed by atoms with E-state index in [1.165, 1.54) is 6.07 Å². The molecule has 0 bridgehead atoms. The molecule has 0 aliphatic carbocycles. The Bertz CT molecular complexity index is 1060. The number of carbonyl (C=O) groups excluding carboxylic acids is 2. The molecule has 2 aromatic carbocycles. The number of carbonyl (C=O) groups is 3. The van der Waals surface area contributed by atoms with Gasteiger partial charge in [-0.25, -0.2) is 9.18 Å². The number of carboxylic acid groups (broad SMARTS) is 1. The van der Waals surface area contributed by atoms with E-state index in [1.54, 1.807) is 30.1 Å². The van der Waals surface area contributed by atoms with Crippen LogP contribution in [0.1, 0.15) is 39.5 Å². The number of nitrogens with one attached hydrogen (secondary N) is 1. The van der Waals surface area contributed by atoms with E-state index in [2.05, 4.69) is 5.32 Å². The molecule has 2 aromatic rings. The van der Waals surface area contributed by atoms with Crippen molar-refractivity contribution >= 4 is 23.5 Å². The Morgan fingerprint density at radius 3 is 2.81 bits per heavy atom. The largest absolute Gasteiger partial charge is 0.478 e. The summed E-state index contributed by atoms with van der Waals surface area (Å²) in [5.41, 5.74) is 3.28. The molecule has 1 fully saturated rings. The summed E-state index contributed by atoms with van der Waals surface area (Å²) in [7, 11) is 1.69. The first-order valence-corrected chi connectivity index (χ1v) is 10.7. The van der Waals surface area contributed by atoms with E-state index in [1.807, 2.05) is 23.1 Å². The molecular formula is C24H26FN3O4. The van der Waals surface area contributed by atoms with Crippen LogP contribution >= 0.6 is 0 Å². The minimum atomic E-state index is -1.04. The standard InChI is InChI=1S/C24H26FN3O4/c1-27(23(30)10-15-5-6-16-12-22(29)26-20(16)9-15)21(14-28-8-7-19(25)13-28)17-3-2-4-18(11-17)24(31)32/h2-6,9,11,19,21H,7-8,10,12-14H2,1H3,(H,26,29)(H,31,32)/t19?,21-/m1/s1. The van der Waals surface area contributed by atoms with Crippen LogP contribution in [-0.4, -0.2) is 65.5 Å². The van der Waals surface area contributed by atoms with Gasteiger partial charge in [0.05, 0.1) is 24.4 Å². The third-order valence-electron chi connectivity index (χ3n) is 6.18.